The fraction of sp³-hybridized carbons (Fsp3) is 1.00. The van der Waals surface area contributed by atoms with Gasteiger partial charge < -0.3 is 5.32 Å². The van der Waals surface area contributed by atoms with E-state index in [1.54, 1.807) is 0 Å². The summed E-state index contributed by atoms with van der Waals surface area (Å²) in [4.78, 5) is 0. The van der Waals surface area contributed by atoms with E-state index in [-0.39, 0.29) is 6.54 Å². The summed E-state index contributed by atoms with van der Waals surface area (Å²) in [7, 11) is 0. The Morgan fingerprint density at radius 3 is 2.69 bits per heavy atom. The standard InChI is InChI=1S/C10H19F2N/c1-8-3-2-4-9(6-5-8)13-7-10(11)12/h8-10,13H,2-7H2,1H3. The van der Waals surface area contributed by atoms with Crippen LogP contribution in [0.4, 0.5) is 8.78 Å². The van der Waals surface area contributed by atoms with Gasteiger partial charge in [0.25, 0.3) is 6.43 Å². The van der Waals surface area contributed by atoms with Crippen LogP contribution in [0.1, 0.15) is 39.0 Å². The van der Waals surface area contributed by atoms with E-state index in [1.165, 1.54) is 19.3 Å². The highest BCUT2D eigenvalue weighted by molar-refractivity contribution is 4.73. The quantitative estimate of drug-likeness (QED) is 0.676. The van der Waals surface area contributed by atoms with Gasteiger partial charge in [-0.2, -0.15) is 0 Å². The van der Waals surface area contributed by atoms with Crippen molar-refractivity contribution in [2.24, 2.45) is 5.92 Å². The van der Waals surface area contributed by atoms with Gasteiger partial charge in [0.1, 0.15) is 0 Å². The SMILES string of the molecule is CC1CCCC(NCC(F)F)CC1. The van der Waals surface area contributed by atoms with Gasteiger partial charge in [0, 0.05) is 6.04 Å². The molecule has 2 unspecified atom stereocenters. The molecule has 0 saturated heterocycles. The molecule has 1 aliphatic carbocycles. The summed E-state index contributed by atoms with van der Waals surface area (Å²) in [5.74, 6) is 0.776. The molecule has 0 bridgehead atoms. The van der Waals surface area contributed by atoms with Crippen LogP contribution in [0.15, 0.2) is 0 Å². The molecule has 3 heteroatoms. The molecule has 0 amide bonds. The summed E-state index contributed by atoms with van der Waals surface area (Å²) in [5, 5.41) is 2.93. The number of alkyl halides is 2. The molecule has 13 heavy (non-hydrogen) atoms. The highest BCUT2D eigenvalue weighted by atomic mass is 19.3. The average Bonchev–Trinajstić information content (AvgIpc) is 2.27. The molecule has 1 nitrogen and oxygen atoms in total. The maximum absolute atomic E-state index is 11.9. The maximum Gasteiger partial charge on any atom is 0.250 e. The lowest BCUT2D eigenvalue weighted by Gasteiger charge is -2.15. The van der Waals surface area contributed by atoms with E-state index >= 15 is 0 Å². The molecular weight excluding hydrogens is 172 g/mol. The Balaban J connectivity index is 2.18. The van der Waals surface area contributed by atoms with Crippen molar-refractivity contribution in [1.82, 2.24) is 5.32 Å². The van der Waals surface area contributed by atoms with Gasteiger partial charge >= 0.3 is 0 Å². The van der Waals surface area contributed by atoms with E-state index in [4.69, 9.17) is 0 Å². The van der Waals surface area contributed by atoms with E-state index in [9.17, 15) is 8.78 Å². The van der Waals surface area contributed by atoms with E-state index in [0.717, 1.165) is 18.8 Å². The number of hydrogen-bond donors (Lipinski definition) is 1. The van der Waals surface area contributed by atoms with Gasteiger partial charge in [0.05, 0.1) is 6.54 Å². The summed E-state index contributed by atoms with van der Waals surface area (Å²) in [6.45, 7) is 2.11. The van der Waals surface area contributed by atoms with Gasteiger partial charge in [0.15, 0.2) is 0 Å². The Hall–Kier alpha value is -0.180. The van der Waals surface area contributed by atoms with Crippen molar-refractivity contribution in [3.05, 3.63) is 0 Å². The van der Waals surface area contributed by atoms with Crippen LogP contribution in [-0.4, -0.2) is 19.0 Å². The molecule has 1 rings (SSSR count). The van der Waals surface area contributed by atoms with Gasteiger partial charge in [-0.25, -0.2) is 8.78 Å². The van der Waals surface area contributed by atoms with Crippen molar-refractivity contribution in [1.29, 1.82) is 0 Å². The monoisotopic (exact) mass is 191 g/mol. The first-order chi connectivity index (χ1) is 6.18. The minimum absolute atomic E-state index is 0.140. The zero-order valence-electron chi connectivity index (χ0n) is 8.23. The largest absolute Gasteiger partial charge is 0.309 e. The third kappa shape index (κ3) is 4.55. The second-order valence-electron chi connectivity index (χ2n) is 4.11. The van der Waals surface area contributed by atoms with E-state index < -0.39 is 6.43 Å². The first-order valence-corrected chi connectivity index (χ1v) is 5.20. The first kappa shape index (κ1) is 10.9. The van der Waals surface area contributed by atoms with Gasteiger partial charge in [-0.05, 0) is 25.2 Å². The van der Waals surface area contributed by atoms with Gasteiger partial charge in [-0.3, -0.25) is 0 Å². The van der Waals surface area contributed by atoms with E-state index in [2.05, 4.69) is 12.2 Å². The Labute approximate surface area is 78.9 Å². The summed E-state index contributed by atoms with van der Waals surface area (Å²) in [6, 6.07) is 0.332. The highest BCUT2D eigenvalue weighted by Gasteiger charge is 2.16. The summed E-state index contributed by atoms with van der Waals surface area (Å²) >= 11 is 0. The average molecular weight is 191 g/mol. The van der Waals surface area contributed by atoms with Crippen LogP contribution in [0.5, 0.6) is 0 Å². The van der Waals surface area contributed by atoms with Crippen molar-refractivity contribution >= 4 is 0 Å². The number of rotatable bonds is 3. The Morgan fingerprint density at radius 1 is 1.23 bits per heavy atom. The molecule has 1 saturated carbocycles. The van der Waals surface area contributed by atoms with Crippen LogP contribution in [0.2, 0.25) is 0 Å². The molecule has 1 fully saturated rings. The highest BCUT2D eigenvalue weighted by Crippen LogP contribution is 2.22. The van der Waals surface area contributed by atoms with Crippen LogP contribution in [0.25, 0.3) is 0 Å². The van der Waals surface area contributed by atoms with E-state index in [1.807, 2.05) is 0 Å². The molecule has 0 aromatic carbocycles. The molecular formula is C10H19F2N. The van der Waals surface area contributed by atoms with Gasteiger partial charge in [-0.1, -0.05) is 19.8 Å². The molecule has 0 radical (unpaired) electrons. The predicted molar refractivity (Wildman–Crippen MR) is 50.0 cm³/mol. The zero-order valence-corrected chi connectivity index (χ0v) is 8.23. The fourth-order valence-corrected chi connectivity index (χ4v) is 1.95. The van der Waals surface area contributed by atoms with Gasteiger partial charge in [0.2, 0.25) is 0 Å². The normalized spacial score (nSPS) is 30.5. The van der Waals surface area contributed by atoms with Crippen LogP contribution in [-0.2, 0) is 0 Å². The molecule has 0 aliphatic heterocycles. The van der Waals surface area contributed by atoms with Crippen molar-refractivity contribution in [2.45, 2.75) is 51.5 Å². The number of hydrogen-bond acceptors (Lipinski definition) is 1. The lowest BCUT2D eigenvalue weighted by atomic mass is 10.0. The second-order valence-corrected chi connectivity index (χ2v) is 4.11. The summed E-state index contributed by atoms with van der Waals surface area (Å²) in [6.07, 6.45) is 3.54. The minimum Gasteiger partial charge on any atom is -0.309 e. The molecule has 78 valence electrons. The van der Waals surface area contributed by atoms with Gasteiger partial charge in [-0.15, -0.1) is 0 Å². The van der Waals surface area contributed by atoms with Crippen molar-refractivity contribution in [3.8, 4) is 0 Å². The Kier molecular flexibility index (Phi) is 4.64. The third-order valence-electron chi connectivity index (χ3n) is 2.82. The number of nitrogens with one attached hydrogen (secondary N) is 1. The van der Waals surface area contributed by atoms with Crippen molar-refractivity contribution in [2.75, 3.05) is 6.54 Å². The second kappa shape index (κ2) is 5.53. The van der Waals surface area contributed by atoms with Crippen LogP contribution in [0.3, 0.4) is 0 Å². The van der Waals surface area contributed by atoms with Crippen molar-refractivity contribution in [3.63, 3.8) is 0 Å². The van der Waals surface area contributed by atoms with E-state index in [0.29, 0.717) is 6.04 Å². The molecule has 0 spiro atoms. The van der Waals surface area contributed by atoms with Crippen LogP contribution < -0.4 is 5.32 Å². The lowest BCUT2D eigenvalue weighted by Crippen LogP contribution is -2.32. The fourth-order valence-electron chi connectivity index (χ4n) is 1.95. The molecule has 0 heterocycles. The smallest absolute Gasteiger partial charge is 0.250 e. The van der Waals surface area contributed by atoms with Crippen LogP contribution >= 0.6 is 0 Å². The predicted octanol–water partition coefficient (Wildman–Crippen LogP) is 2.81. The molecule has 1 aliphatic rings. The van der Waals surface area contributed by atoms with Crippen LogP contribution in [0, 0.1) is 5.92 Å². The van der Waals surface area contributed by atoms with Crippen molar-refractivity contribution < 1.29 is 8.78 Å². The lowest BCUT2D eigenvalue weighted by molar-refractivity contribution is 0.140. The Morgan fingerprint density at radius 2 is 2.00 bits per heavy atom. The minimum atomic E-state index is -2.21. The molecule has 2 atom stereocenters. The zero-order chi connectivity index (χ0) is 9.68. The third-order valence-corrected chi connectivity index (χ3v) is 2.82. The Bertz CT molecular complexity index is 139. The summed E-state index contributed by atoms with van der Waals surface area (Å²) < 4.78 is 23.8. The first-order valence-electron chi connectivity index (χ1n) is 5.20. The molecule has 0 aromatic rings. The molecule has 1 N–H and O–H groups in total. The summed E-state index contributed by atoms with van der Waals surface area (Å²) in [5.41, 5.74) is 0. The molecule has 0 aromatic heterocycles. The maximum atomic E-state index is 11.9. The topological polar surface area (TPSA) is 12.0 Å². The number of halogens is 2.